The van der Waals surface area contributed by atoms with E-state index in [1.165, 1.54) is 12.3 Å². The molecule has 0 bridgehead atoms. The summed E-state index contributed by atoms with van der Waals surface area (Å²) in [6.07, 6.45) is 3.05. The van der Waals surface area contributed by atoms with Crippen LogP contribution in [-0.4, -0.2) is 15.9 Å². The zero-order valence-electron chi connectivity index (χ0n) is 13.0. The summed E-state index contributed by atoms with van der Waals surface area (Å²) in [7, 11) is 0. The highest BCUT2D eigenvalue weighted by atomic mass is 19.1. The molecule has 3 aromatic rings. The predicted molar refractivity (Wildman–Crippen MR) is 91.0 cm³/mol. The van der Waals surface area contributed by atoms with Gasteiger partial charge >= 0.3 is 0 Å². The summed E-state index contributed by atoms with van der Waals surface area (Å²) in [5.74, 6) is -0.899. The van der Waals surface area contributed by atoms with Crippen LogP contribution in [0.15, 0.2) is 54.9 Å². The molecule has 3 N–H and O–H groups in total. The third-order valence-electron chi connectivity index (χ3n) is 3.51. The number of nitrogens with two attached hydrogens (primary N) is 1. The maximum Gasteiger partial charge on any atom is 0.274 e. The van der Waals surface area contributed by atoms with Gasteiger partial charge in [-0.1, -0.05) is 12.1 Å². The molecule has 0 saturated carbocycles. The Morgan fingerprint density at radius 1 is 1.04 bits per heavy atom. The summed E-state index contributed by atoms with van der Waals surface area (Å²) < 4.78 is 12.9. The Labute approximate surface area is 138 Å². The molecular formula is C18H15FN4O. The molecule has 0 spiro atoms. The van der Waals surface area contributed by atoms with E-state index in [0.29, 0.717) is 17.1 Å². The fraction of sp³-hybridized carbons (Fsp3) is 0.0556. The fourth-order valence-corrected chi connectivity index (χ4v) is 2.18. The van der Waals surface area contributed by atoms with Crippen molar-refractivity contribution in [1.29, 1.82) is 0 Å². The molecule has 2 aromatic heterocycles. The quantitative estimate of drug-likeness (QED) is 0.572. The van der Waals surface area contributed by atoms with Crippen LogP contribution >= 0.6 is 0 Å². The number of halogens is 1. The van der Waals surface area contributed by atoms with Gasteiger partial charge in [0.2, 0.25) is 5.95 Å². The van der Waals surface area contributed by atoms with Crippen LogP contribution in [-0.2, 0) is 0 Å². The fourth-order valence-electron chi connectivity index (χ4n) is 2.18. The van der Waals surface area contributed by atoms with Crippen molar-refractivity contribution in [2.75, 3.05) is 11.1 Å². The van der Waals surface area contributed by atoms with Crippen molar-refractivity contribution in [2.45, 2.75) is 6.92 Å². The number of anilines is 2. The minimum absolute atomic E-state index is 0.300. The van der Waals surface area contributed by atoms with Crippen LogP contribution in [0.1, 0.15) is 16.1 Å². The maximum absolute atomic E-state index is 12.9. The van der Waals surface area contributed by atoms with E-state index in [2.05, 4.69) is 15.3 Å². The van der Waals surface area contributed by atoms with Crippen molar-refractivity contribution in [3.63, 3.8) is 0 Å². The van der Waals surface area contributed by atoms with E-state index in [-0.39, 0.29) is 5.91 Å². The average Bonchev–Trinajstić information content (AvgIpc) is 2.58. The molecule has 3 rings (SSSR count). The van der Waals surface area contributed by atoms with Gasteiger partial charge in [-0.3, -0.25) is 9.78 Å². The van der Waals surface area contributed by atoms with Crippen molar-refractivity contribution < 1.29 is 9.18 Å². The number of nitrogen functional groups attached to an aromatic ring is 1. The van der Waals surface area contributed by atoms with Crippen LogP contribution in [0.2, 0.25) is 0 Å². The van der Waals surface area contributed by atoms with Crippen molar-refractivity contribution >= 4 is 17.3 Å². The number of carbonyl (C=O) groups excluding carboxylic acids is 1. The molecule has 1 amide bonds. The molecule has 5 nitrogen and oxygen atoms in total. The van der Waals surface area contributed by atoms with E-state index in [1.54, 1.807) is 36.5 Å². The van der Waals surface area contributed by atoms with Gasteiger partial charge in [0.25, 0.3) is 5.91 Å². The number of nitrogens with one attached hydrogen (secondary N) is 1. The van der Waals surface area contributed by atoms with E-state index < -0.39 is 5.95 Å². The zero-order valence-corrected chi connectivity index (χ0v) is 13.0. The molecule has 0 saturated heterocycles. The van der Waals surface area contributed by atoms with E-state index in [4.69, 9.17) is 5.73 Å². The smallest absolute Gasteiger partial charge is 0.274 e. The van der Waals surface area contributed by atoms with E-state index in [0.717, 1.165) is 16.7 Å². The van der Waals surface area contributed by atoms with E-state index >= 15 is 0 Å². The molecule has 0 atom stereocenters. The van der Waals surface area contributed by atoms with Gasteiger partial charge < -0.3 is 11.1 Å². The number of pyridine rings is 2. The Hall–Kier alpha value is -3.28. The first-order valence-electron chi connectivity index (χ1n) is 7.28. The molecule has 120 valence electrons. The highest BCUT2D eigenvalue weighted by Crippen LogP contribution is 2.27. The van der Waals surface area contributed by atoms with Gasteiger partial charge in [0.05, 0.1) is 11.4 Å². The second-order valence-electron chi connectivity index (χ2n) is 5.35. The number of benzene rings is 1. The molecule has 0 unspecified atom stereocenters. The Bertz CT molecular complexity index is 877. The number of rotatable bonds is 3. The second-order valence-corrected chi connectivity index (χ2v) is 5.35. The molecule has 2 heterocycles. The minimum Gasteiger partial charge on any atom is -0.397 e. The van der Waals surface area contributed by atoms with Crippen LogP contribution in [0.25, 0.3) is 11.1 Å². The first kappa shape index (κ1) is 15.6. The lowest BCUT2D eigenvalue weighted by molar-refractivity contribution is 0.102. The SMILES string of the molecule is Cc1ccc(C(=O)Nc2cc(-c3ccc(F)nc3)ccc2N)nc1. The molecule has 24 heavy (non-hydrogen) atoms. The molecule has 0 fully saturated rings. The van der Waals surface area contributed by atoms with Gasteiger partial charge in [0.1, 0.15) is 5.69 Å². The van der Waals surface area contributed by atoms with Gasteiger partial charge in [-0.2, -0.15) is 4.39 Å². The van der Waals surface area contributed by atoms with Crippen LogP contribution in [0, 0.1) is 12.9 Å². The molecule has 6 heteroatoms. The molecule has 1 aromatic carbocycles. The summed E-state index contributed by atoms with van der Waals surface area (Å²) in [6, 6.07) is 11.5. The Morgan fingerprint density at radius 2 is 1.83 bits per heavy atom. The topological polar surface area (TPSA) is 80.9 Å². The highest BCUT2D eigenvalue weighted by molar-refractivity contribution is 6.04. The largest absolute Gasteiger partial charge is 0.397 e. The first-order chi connectivity index (χ1) is 11.5. The molecule has 0 radical (unpaired) electrons. The van der Waals surface area contributed by atoms with Crippen LogP contribution in [0.5, 0.6) is 0 Å². The summed E-state index contributed by atoms with van der Waals surface area (Å²) >= 11 is 0. The number of amides is 1. The van der Waals surface area contributed by atoms with Crippen molar-refractivity contribution in [2.24, 2.45) is 0 Å². The number of nitrogens with zero attached hydrogens (tertiary/aromatic N) is 2. The van der Waals surface area contributed by atoms with Gasteiger partial charge in [-0.25, -0.2) is 4.98 Å². The predicted octanol–water partition coefficient (Wildman–Crippen LogP) is 3.43. The van der Waals surface area contributed by atoms with E-state index in [1.807, 2.05) is 13.0 Å². The standard InChI is InChI=1S/C18H15FN4O/c1-11-2-6-15(21-9-11)18(24)23-16-8-12(3-5-14(16)20)13-4-7-17(19)22-10-13/h2-10H,20H2,1H3,(H,23,24). The summed E-state index contributed by atoms with van der Waals surface area (Å²) in [5.41, 5.74) is 9.58. The molecule has 0 aliphatic rings. The number of aromatic nitrogens is 2. The lowest BCUT2D eigenvalue weighted by atomic mass is 10.1. The normalized spacial score (nSPS) is 10.4. The monoisotopic (exact) mass is 322 g/mol. The third-order valence-corrected chi connectivity index (χ3v) is 3.51. The number of hydrogen-bond donors (Lipinski definition) is 2. The summed E-state index contributed by atoms with van der Waals surface area (Å²) in [4.78, 5) is 20.0. The first-order valence-corrected chi connectivity index (χ1v) is 7.28. The Morgan fingerprint density at radius 3 is 2.50 bits per heavy atom. The van der Waals surface area contributed by atoms with Gasteiger partial charge in [0, 0.05) is 18.0 Å². The summed E-state index contributed by atoms with van der Waals surface area (Å²) in [6.45, 7) is 1.90. The van der Waals surface area contributed by atoms with Crippen LogP contribution in [0.3, 0.4) is 0 Å². The number of carbonyl (C=O) groups is 1. The maximum atomic E-state index is 12.9. The van der Waals surface area contributed by atoms with E-state index in [9.17, 15) is 9.18 Å². The van der Waals surface area contributed by atoms with Crippen molar-refractivity contribution in [3.05, 3.63) is 72.1 Å². The zero-order chi connectivity index (χ0) is 17.1. The molecular weight excluding hydrogens is 307 g/mol. The van der Waals surface area contributed by atoms with Crippen molar-refractivity contribution in [1.82, 2.24) is 9.97 Å². The molecule has 0 aliphatic heterocycles. The highest BCUT2D eigenvalue weighted by Gasteiger charge is 2.10. The number of aryl methyl sites for hydroxylation is 1. The third kappa shape index (κ3) is 3.38. The van der Waals surface area contributed by atoms with Gasteiger partial charge in [-0.15, -0.1) is 0 Å². The Kier molecular flexibility index (Phi) is 4.20. The lowest BCUT2D eigenvalue weighted by Gasteiger charge is -2.10. The molecule has 0 aliphatic carbocycles. The van der Waals surface area contributed by atoms with Gasteiger partial charge in [-0.05, 0) is 48.4 Å². The van der Waals surface area contributed by atoms with Crippen LogP contribution in [0.4, 0.5) is 15.8 Å². The van der Waals surface area contributed by atoms with Gasteiger partial charge in [0.15, 0.2) is 0 Å². The van der Waals surface area contributed by atoms with Crippen molar-refractivity contribution in [3.8, 4) is 11.1 Å². The lowest BCUT2D eigenvalue weighted by Crippen LogP contribution is -2.14. The minimum atomic E-state index is -0.548. The second kappa shape index (κ2) is 6.45. The summed E-state index contributed by atoms with van der Waals surface area (Å²) in [5, 5.41) is 2.75. The number of hydrogen-bond acceptors (Lipinski definition) is 4. The van der Waals surface area contributed by atoms with Crippen LogP contribution < -0.4 is 11.1 Å². The average molecular weight is 322 g/mol. The Balaban J connectivity index is 1.87.